The van der Waals surface area contributed by atoms with Gasteiger partial charge in [0.05, 0.1) is 5.52 Å². The lowest BCUT2D eigenvalue weighted by molar-refractivity contribution is 0.107. The number of halogens is 3. The minimum absolute atomic E-state index is 0.358. The Labute approximate surface area is 156 Å². The number of hydrogen-bond acceptors (Lipinski definition) is 5. The summed E-state index contributed by atoms with van der Waals surface area (Å²) >= 11 is 0. The molecule has 0 aliphatic carbocycles. The number of aromatic nitrogens is 2. The molecule has 0 bridgehead atoms. The van der Waals surface area contributed by atoms with Gasteiger partial charge in [-0.1, -0.05) is 6.92 Å². The minimum atomic E-state index is -2.75. The van der Waals surface area contributed by atoms with E-state index < -0.39 is 18.1 Å². The number of rotatable bonds is 4. The van der Waals surface area contributed by atoms with Crippen molar-refractivity contribution in [3.05, 3.63) is 29.8 Å². The highest BCUT2D eigenvalue weighted by molar-refractivity contribution is 5.89. The van der Waals surface area contributed by atoms with Crippen molar-refractivity contribution in [2.45, 2.75) is 25.8 Å². The molecule has 1 unspecified atom stereocenters. The van der Waals surface area contributed by atoms with Gasteiger partial charge in [0, 0.05) is 50.7 Å². The second kappa shape index (κ2) is 7.59. The Kier molecular flexibility index (Phi) is 5.19. The Hall–Kier alpha value is -1.93. The third-order valence-electron chi connectivity index (χ3n) is 5.68. The summed E-state index contributed by atoms with van der Waals surface area (Å²) in [4.78, 5) is 14.9. The summed E-state index contributed by atoms with van der Waals surface area (Å²) < 4.78 is 40.3. The van der Waals surface area contributed by atoms with Crippen LogP contribution in [0.2, 0.25) is 0 Å². The first kappa shape index (κ1) is 18.4. The van der Waals surface area contributed by atoms with Gasteiger partial charge in [0.15, 0.2) is 5.82 Å². The zero-order chi connectivity index (χ0) is 19.0. The Bertz CT molecular complexity index is 807. The summed E-state index contributed by atoms with van der Waals surface area (Å²) in [6, 6.07) is 4.40. The average Bonchev–Trinajstić information content (AvgIpc) is 3.17. The number of piperazine rings is 1. The minimum Gasteiger partial charge on any atom is -0.354 e. The van der Waals surface area contributed by atoms with Gasteiger partial charge in [-0.2, -0.15) is 0 Å². The molecule has 8 heteroatoms. The predicted molar refractivity (Wildman–Crippen MR) is 98.8 cm³/mol. The van der Waals surface area contributed by atoms with E-state index in [0.717, 1.165) is 52.2 Å². The van der Waals surface area contributed by atoms with Crippen LogP contribution in [0.5, 0.6) is 0 Å². The highest BCUT2D eigenvalue weighted by atomic mass is 19.3. The van der Waals surface area contributed by atoms with Crippen molar-refractivity contribution in [2.24, 2.45) is 0 Å². The molecule has 2 saturated heterocycles. The molecule has 2 aromatic rings. The number of likely N-dealkylation sites (N-methyl/N-ethyl adjacent to an activating group) is 1. The van der Waals surface area contributed by atoms with Crippen molar-refractivity contribution in [1.82, 2.24) is 19.8 Å². The van der Waals surface area contributed by atoms with Crippen LogP contribution in [0.25, 0.3) is 10.9 Å². The first-order valence-electron chi connectivity index (χ1n) is 9.52. The van der Waals surface area contributed by atoms with Crippen LogP contribution >= 0.6 is 0 Å². The van der Waals surface area contributed by atoms with Crippen LogP contribution in [0.3, 0.4) is 0 Å². The fourth-order valence-corrected chi connectivity index (χ4v) is 4.12. The van der Waals surface area contributed by atoms with Crippen LogP contribution in [0.1, 0.15) is 25.6 Å². The molecule has 0 radical (unpaired) electrons. The molecule has 4 rings (SSSR count). The molecule has 0 N–H and O–H groups in total. The fourth-order valence-electron chi connectivity index (χ4n) is 4.12. The maximum atomic E-state index is 13.8. The monoisotopic (exact) mass is 379 g/mol. The lowest BCUT2D eigenvalue weighted by Gasteiger charge is -2.37. The van der Waals surface area contributed by atoms with Crippen molar-refractivity contribution in [1.29, 1.82) is 0 Å². The molecule has 5 nitrogen and oxygen atoms in total. The van der Waals surface area contributed by atoms with Crippen LogP contribution in [0, 0.1) is 5.82 Å². The van der Waals surface area contributed by atoms with E-state index in [-0.39, 0.29) is 0 Å². The fraction of sp³-hybridized carbons (Fsp3) is 0.579. The summed E-state index contributed by atoms with van der Waals surface area (Å²) in [6.07, 6.45) is -1.80. The van der Waals surface area contributed by atoms with Gasteiger partial charge in [-0.25, -0.2) is 23.1 Å². The van der Waals surface area contributed by atoms with E-state index in [0.29, 0.717) is 22.8 Å². The van der Waals surface area contributed by atoms with Gasteiger partial charge in [0.1, 0.15) is 11.6 Å². The topological polar surface area (TPSA) is 35.5 Å². The van der Waals surface area contributed by atoms with Crippen LogP contribution in [-0.4, -0.2) is 71.6 Å². The number of hydrogen-bond donors (Lipinski definition) is 0. The number of alkyl halides is 2. The van der Waals surface area contributed by atoms with Gasteiger partial charge in [-0.3, -0.25) is 4.90 Å². The van der Waals surface area contributed by atoms with E-state index >= 15 is 0 Å². The average molecular weight is 379 g/mol. The van der Waals surface area contributed by atoms with Gasteiger partial charge in [0.25, 0.3) is 6.43 Å². The molecule has 0 amide bonds. The number of benzene rings is 1. The molecular formula is C19H24F3N5. The highest BCUT2D eigenvalue weighted by Gasteiger charge is 2.31. The largest absolute Gasteiger partial charge is 0.354 e. The molecule has 1 atom stereocenters. The van der Waals surface area contributed by atoms with E-state index in [1.807, 2.05) is 4.90 Å². The van der Waals surface area contributed by atoms with Gasteiger partial charge in [-0.05, 0) is 31.2 Å². The van der Waals surface area contributed by atoms with Gasteiger partial charge in [0.2, 0.25) is 0 Å². The predicted octanol–water partition coefficient (Wildman–Crippen LogP) is 2.92. The van der Waals surface area contributed by atoms with Crippen molar-refractivity contribution >= 4 is 16.7 Å². The summed E-state index contributed by atoms with van der Waals surface area (Å²) in [5.74, 6) is -0.489. The molecule has 3 heterocycles. The second-order valence-corrected chi connectivity index (χ2v) is 7.23. The van der Waals surface area contributed by atoms with E-state index in [4.69, 9.17) is 0 Å². The van der Waals surface area contributed by atoms with Crippen molar-refractivity contribution in [2.75, 3.05) is 50.7 Å². The highest BCUT2D eigenvalue weighted by Crippen LogP contribution is 2.31. The molecule has 2 fully saturated rings. The van der Waals surface area contributed by atoms with Crippen LogP contribution in [0.15, 0.2) is 18.2 Å². The summed E-state index contributed by atoms with van der Waals surface area (Å²) in [5.41, 5.74) is 0.358. The molecular weight excluding hydrogens is 355 g/mol. The molecule has 1 aromatic carbocycles. The summed E-state index contributed by atoms with van der Waals surface area (Å²) in [5, 5.41) is 0.496. The van der Waals surface area contributed by atoms with E-state index in [1.165, 1.54) is 18.2 Å². The van der Waals surface area contributed by atoms with Gasteiger partial charge < -0.3 is 9.80 Å². The van der Waals surface area contributed by atoms with Crippen LogP contribution in [-0.2, 0) is 0 Å². The maximum absolute atomic E-state index is 13.8. The normalized spacial score (nSPS) is 22.3. The van der Waals surface area contributed by atoms with E-state index in [1.54, 1.807) is 0 Å². The maximum Gasteiger partial charge on any atom is 0.297 e. The third-order valence-corrected chi connectivity index (χ3v) is 5.68. The van der Waals surface area contributed by atoms with Gasteiger partial charge in [-0.15, -0.1) is 0 Å². The second-order valence-electron chi connectivity index (χ2n) is 7.23. The zero-order valence-electron chi connectivity index (χ0n) is 15.4. The number of nitrogens with zero attached hydrogens (tertiary/aromatic N) is 5. The molecule has 0 saturated carbocycles. The van der Waals surface area contributed by atoms with Crippen molar-refractivity contribution in [3.8, 4) is 0 Å². The quantitative estimate of drug-likeness (QED) is 0.816. The van der Waals surface area contributed by atoms with Gasteiger partial charge >= 0.3 is 0 Å². The third kappa shape index (κ3) is 3.73. The lowest BCUT2D eigenvalue weighted by Crippen LogP contribution is -2.50. The van der Waals surface area contributed by atoms with Crippen molar-refractivity contribution < 1.29 is 13.2 Å². The van der Waals surface area contributed by atoms with Crippen LogP contribution < -0.4 is 4.90 Å². The first-order chi connectivity index (χ1) is 13.0. The standard InChI is InChI=1S/C19H24F3N5/c1-2-25-7-9-26(10-8-25)14-5-6-27(12-14)19-15-11-13(20)3-4-16(15)23-18(24-19)17(21)22/h3-4,11,14,17H,2,5-10,12H2,1H3. The lowest BCUT2D eigenvalue weighted by atomic mass is 10.2. The molecule has 2 aliphatic rings. The molecule has 0 spiro atoms. The SMILES string of the molecule is CCN1CCN(C2CCN(c3nc(C(F)F)nc4ccc(F)cc34)C2)CC1. The van der Waals surface area contributed by atoms with E-state index in [9.17, 15) is 13.2 Å². The Balaban J connectivity index is 1.58. The zero-order valence-corrected chi connectivity index (χ0v) is 15.4. The molecule has 27 heavy (non-hydrogen) atoms. The Morgan fingerprint density at radius 1 is 1.11 bits per heavy atom. The number of fused-ring (bicyclic) bond motifs is 1. The Morgan fingerprint density at radius 3 is 2.59 bits per heavy atom. The number of anilines is 1. The van der Waals surface area contributed by atoms with Crippen molar-refractivity contribution in [3.63, 3.8) is 0 Å². The molecule has 146 valence electrons. The summed E-state index contributed by atoms with van der Waals surface area (Å²) in [7, 11) is 0. The Morgan fingerprint density at radius 2 is 1.89 bits per heavy atom. The first-order valence-corrected chi connectivity index (χ1v) is 9.52. The summed E-state index contributed by atoms with van der Waals surface area (Å²) in [6.45, 7) is 8.85. The molecule has 1 aromatic heterocycles. The van der Waals surface area contributed by atoms with E-state index in [2.05, 4.69) is 26.7 Å². The smallest absolute Gasteiger partial charge is 0.297 e. The molecule has 2 aliphatic heterocycles. The van der Waals surface area contributed by atoms with Crippen LogP contribution in [0.4, 0.5) is 19.0 Å².